The van der Waals surface area contributed by atoms with E-state index in [1.807, 2.05) is 0 Å². The fourth-order valence-corrected chi connectivity index (χ4v) is 2.21. The first-order chi connectivity index (χ1) is 9.35. The zero-order valence-corrected chi connectivity index (χ0v) is 11.0. The van der Waals surface area contributed by atoms with Crippen LogP contribution in [0.15, 0.2) is 24.3 Å². The zero-order chi connectivity index (χ0) is 14.9. The number of aliphatic hydroxyl groups is 4. The third-order valence-electron chi connectivity index (χ3n) is 3.42. The molecule has 1 fully saturated rings. The first kappa shape index (κ1) is 15.2. The molecule has 0 aliphatic carbocycles. The highest BCUT2D eigenvalue weighted by Gasteiger charge is 2.49. The van der Waals surface area contributed by atoms with Gasteiger partial charge in [0.1, 0.15) is 18.0 Å². The van der Waals surface area contributed by atoms with Gasteiger partial charge in [-0.1, -0.05) is 18.2 Å². The number of rotatable bonds is 3. The summed E-state index contributed by atoms with van der Waals surface area (Å²) in [7, 11) is 0. The predicted octanol–water partition coefficient (Wildman–Crippen LogP) is -1.20. The van der Waals surface area contributed by atoms with Crippen LogP contribution in [-0.2, 0) is 4.74 Å². The SMILES string of the molecule is CC(NC1(O)OC[C@@H](O)[C@H](O)[C@H]1O)c1ccccc1O. The van der Waals surface area contributed by atoms with Gasteiger partial charge in [0.25, 0.3) is 5.91 Å². The zero-order valence-electron chi connectivity index (χ0n) is 11.0. The van der Waals surface area contributed by atoms with E-state index in [1.165, 1.54) is 6.07 Å². The molecule has 0 bridgehead atoms. The third kappa shape index (κ3) is 2.78. The van der Waals surface area contributed by atoms with E-state index in [9.17, 15) is 25.5 Å². The number of benzene rings is 1. The molecule has 1 heterocycles. The van der Waals surface area contributed by atoms with Crippen molar-refractivity contribution in [3.8, 4) is 5.75 Å². The van der Waals surface area contributed by atoms with Crippen molar-refractivity contribution in [2.75, 3.05) is 6.61 Å². The number of para-hydroxylation sites is 1. The van der Waals surface area contributed by atoms with Gasteiger partial charge in [-0.25, -0.2) is 0 Å². The minimum Gasteiger partial charge on any atom is -0.508 e. The minimum absolute atomic E-state index is 0.0296. The summed E-state index contributed by atoms with van der Waals surface area (Å²) in [6.07, 6.45) is -4.52. The van der Waals surface area contributed by atoms with Crippen LogP contribution in [0.5, 0.6) is 5.75 Å². The lowest BCUT2D eigenvalue weighted by Gasteiger charge is -2.43. The Bertz CT molecular complexity index is 470. The molecule has 2 unspecified atom stereocenters. The molecule has 112 valence electrons. The van der Waals surface area contributed by atoms with Crippen LogP contribution in [0, 0.1) is 0 Å². The first-order valence-electron chi connectivity index (χ1n) is 6.31. The Morgan fingerprint density at radius 3 is 2.60 bits per heavy atom. The van der Waals surface area contributed by atoms with E-state index in [0.717, 1.165) is 0 Å². The highest BCUT2D eigenvalue weighted by atomic mass is 16.7. The Morgan fingerprint density at radius 2 is 1.95 bits per heavy atom. The van der Waals surface area contributed by atoms with Gasteiger partial charge >= 0.3 is 0 Å². The van der Waals surface area contributed by atoms with E-state index < -0.39 is 30.3 Å². The summed E-state index contributed by atoms with van der Waals surface area (Å²) in [6, 6.07) is 5.96. The topological polar surface area (TPSA) is 122 Å². The Hall–Kier alpha value is -1.22. The largest absolute Gasteiger partial charge is 0.508 e. The molecule has 0 saturated carbocycles. The van der Waals surface area contributed by atoms with E-state index >= 15 is 0 Å². The van der Waals surface area contributed by atoms with Gasteiger partial charge in [0.05, 0.1) is 6.61 Å². The van der Waals surface area contributed by atoms with Crippen molar-refractivity contribution in [3.05, 3.63) is 29.8 Å². The van der Waals surface area contributed by atoms with Crippen molar-refractivity contribution < 1.29 is 30.3 Å². The summed E-state index contributed by atoms with van der Waals surface area (Å²) < 4.78 is 5.00. The standard InChI is InChI=1S/C13H19NO6/c1-7(8-4-2-3-5-9(8)15)14-13(19)12(18)11(17)10(16)6-20-13/h2-5,7,10-12,14-19H,6H2,1H3/t7?,10-,11+,12-,13?/m1/s1. The molecule has 1 aromatic rings. The Kier molecular flexibility index (Phi) is 4.28. The molecular weight excluding hydrogens is 266 g/mol. The maximum atomic E-state index is 10.2. The van der Waals surface area contributed by atoms with E-state index in [1.54, 1.807) is 25.1 Å². The van der Waals surface area contributed by atoms with Gasteiger partial charge in [0, 0.05) is 11.6 Å². The molecule has 0 amide bonds. The number of ether oxygens (including phenoxy) is 1. The van der Waals surface area contributed by atoms with E-state index in [-0.39, 0.29) is 12.4 Å². The van der Waals surface area contributed by atoms with Crippen LogP contribution in [0.1, 0.15) is 18.5 Å². The fourth-order valence-electron chi connectivity index (χ4n) is 2.21. The van der Waals surface area contributed by atoms with Gasteiger partial charge in [0.15, 0.2) is 6.10 Å². The molecule has 1 saturated heterocycles. The van der Waals surface area contributed by atoms with Gasteiger partial charge in [-0.3, -0.25) is 5.32 Å². The highest BCUT2D eigenvalue weighted by molar-refractivity contribution is 5.34. The van der Waals surface area contributed by atoms with Crippen LogP contribution in [-0.4, -0.2) is 56.4 Å². The van der Waals surface area contributed by atoms with Crippen molar-refractivity contribution in [2.45, 2.75) is 37.2 Å². The summed E-state index contributed by atoms with van der Waals surface area (Å²) in [6.45, 7) is 1.33. The number of hydrogen-bond donors (Lipinski definition) is 6. The average Bonchev–Trinajstić information content (AvgIpc) is 2.42. The van der Waals surface area contributed by atoms with Crippen LogP contribution >= 0.6 is 0 Å². The van der Waals surface area contributed by atoms with Crippen molar-refractivity contribution in [3.63, 3.8) is 0 Å². The molecule has 20 heavy (non-hydrogen) atoms. The predicted molar refractivity (Wildman–Crippen MR) is 68.6 cm³/mol. The molecule has 2 rings (SSSR count). The lowest BCUT2D eigenvalue weighted by atomic mass is 10.00. The molecule has 0 radical (unpaired) electrons. The van der Waals surface area contributed by atoms with E-state index in [2.05, 4.69) is 5.32 Å². The molecule has 1 aromatic carbocycles. The lowest BCUT2D eigenvalue weighted by Crippen LogP contribution is -2.67. The van der Waals surface area contributed by atoms with Gasteiger partial charge in [-0.2, -0.15) is 0 Å². The van der Waals surface area contributed by atoms with Gasteiger partial charge in [-0.05, 0) is 13.0 Å². The maximum absolute atomic E-state index is 10.2. The van der Waals surface area contributed by atoms with Crippen molar-refractivity contribution >= 4 is 0 Å². The number of phenolic OH excluding ortho intramolecular Hbond substituents is 1. The molecule has 0 spiro atoms. The summed E-state index contributed by atoms with van der Waals surface area (Å²) in [4.78, 5) is 0. The Morgan fingerprint density at radius 1 is 1.30 bits per heavy atom. The Balaban J connectivity index is 2.14. The number of nitrogens with one attached hydrogen (secondary N) is 1. The first-order valence-corrected chi connectivity index (χ1v) is 6.31. The van der Waals surface area contributed by atoms with Gasteiger partial charge < -0.3 is 30.3 Å². The second-order valence-electron chi connectivity index (χ2n) is 4.94. The normalized spacial score (nSPS) is 35.8. The summed E-state index contributed by atoms with van der Waals surface area (Å²) in [5, 5.41) is 51.3. The third-order valence-corrected chi connectivity index (χ3v) is 3.42. The number of aromatic hydroxyl groups is 1. The number of aliphatic hydroxyl groups excluding tert-OH is 3. The lowest BCUT2D eigenvalue weighted by molar-refractivity contribution is -0.337. The smallest absolute Gasteiger partial charge is 0.255 e. The van der Waals surface area contributed by atoms with E-state index in [4.69, 9.17) is 4.74 Å². The molecule has 7 nitrogen and oxygen atoms in total. The van der Waals surface area contributed by atoms with Gasteiger partial charge in [-0.15, -0.1) is 0 Å². The number of phenols is 1. The van der Waals surface area contributed by atoms with Crippen molar-refractivity contribution in [1.82, 2.24) is 5.32 Å². The van der Waals surface area contributed by atoms with Gasteiger partial charge in [0.2, 0.25) is 0 Å². The second-order valence-corrected chi connectivity index (χ2v) is 4.94. The summed E-state index contributed by atoms with van der Waals surface area (Å²) in [5.41, 5.74) is 0.498. The quantitative estimate of drug-likeness (QED) is 0.386. The number of hydrogen-bond acceptors (Lipinski definition) is 7. The molecule has 1 aliphatic heterocycles. The minimum atomic E-state index is -2.21. The second kappa shape index (κ2) is 5.65. The molecular formula is C13H19NO6. The highest BCUT2D eigenvalue weighted by Crippen LogP contribution is 2.28. The van der Waals surface area contributed by atoms with Crippen molar-refractivity contribution in [1.29, 1.82) is 0 Å². The molecule has 6 N–H and O–H groups in total. The van der Waals surface area contributed by atoms with Crippen LogP contribution in [0.3, 0.4) is 0 Å². The average molecular weight is 285 g/mol. The van der Waals surface area contributed by atoms with E-state index in [0.29, 0.717) is 5.56 Å². The summed E-state index contributed by atoms with van der Waals surface area (Å²) in [5.74, 6) is -2.18. The van der Waals surface area contributed by atoms with Crippen LogP contribution in [0.2, 0.25) is 0 Å². The summed E-state index contributed by atoms with van der Waals surface area (Å²) >= 11 is 0. The van der Waals surface area contributed by atoms with Crippen LogP contribution in [0.25, 0.3) is 0 Å². The van der Waals surface area contributed by atoms with Crippen LogP contribution < -0.4 is 5.32 Å². The molecule has 7 heteroatoms. The van der Waals surface area contributed by atoms with Crippen molar-refractivity contribution in [2.24, 2.45) is 0 Å². The van der Waals surface area contributed by atoms with Crippen LogP contribution in [0.4, 0.5) is 0 Å². The monoisotopic (exact) mass is 285 g/mol. The molecule has 1 aliphatic rings. The fraction of sp³-hybridized carbons (Fsp3) is 0.538. The Labute approximate surface area is 116 Å². The maximum Gasteiger partial charge on any atom is 0.255 e. The molecule has 0 aromatic heterocycles. The molecule has 5 atom stereocenters.